The van der Waals surface area contributed by atoms with Gasteiger partial charge in [0.25, 0.3) is 0 Å². The first-order valence-electron chi connectivity index (χ1n) is 12.1. The van der Waals surface area contributed by atoms with Gasteiger partial charge in [-0.15, -0.1) is 0 Å². The molecule has 1 aromatic carbocycles. The highest BCUT2D eigenvalue weighted by molar-refractivity contribution is 5.89. The van der Waals surface area contributed by atoms with Gasteiger partial charge in [-0.3, -0.25) is 0 Å². The summed E-state index contributed by atoms with van der Waals surface area (Å²) < 4.78 is 15.1. The molecule has 1 aliphatic heterocycles. The SMILES string of the molecule is C=C(/C(F)=C\C(=C/C)c1ccc2c(CCCC)c(CC)[nH]c2c1)N1CCC(CC=O)CC1. The fraction of sp³-hybridized carbons (Fsp3) is 0.464. The summed E-state index contributed by atoms with van der Waals surface area (Å²) in [6.45, 7) is 11.9. The minimum atomic E-state index is -0.295. The normalized spacial score (nSPS) is 16.1. The van der Waals surface area contributed by atoms with Gasteiger partial charge in [0.2, 0.25) is 0 Å². The quantitative estimate of drug-likeness (QED) is 0.317. The van der Waals surface area contributed by atoms with Gasteiger partial charge in [0.05, 0.1) is 5.70 Å². The van der Waals surface area contributed by atoms with Crippen LogP contribution in [0.2, 0.25) is 0 Å². The number of aldehydes is 1. The summed E-state index contributed by atoms with van der Waals surface area (Å²) in [5.41, 5.74) is 6.13. The van der Waals surface area contributed by atoms with E-state index in [1.54, 1.807) is 6.08 Å². The van der Waals surface area contributed by atoms with Gasteiger partial charge >= 0.3 is 0 Å². The first kappa shape index (κ1) is 24.0. The first-order valence-corrected chi connectivity index (χ1v) is 12.1. The van der Waals surface area contributed by atoms with Crippen LogP contribution in [0, 0.1) is 5.92 Å². The fourth-order valence-corrected chi connectivity index (χ4v) is 4.71. The lowest BCUT2D eigenvalue weighted by atomic mass is 9.94. The summed E-state index contributed by atoms with van der Waals surface area (Å²) in [7, 11) is 0. The molecule has 1 fully saturated rings. The predicted octanol–water partition coefficient (Wildman–Crippen LogP) is 7.14. The number of likely N-dealkylation sites (tertiary alicyclic amines) is 1. The minimum Gasteiger partial charge on any atom is -0.370 e. The van der Waals surface area contributed by atoms with Crippen LogP contribution in [0.5, 0.6) is 0 Å². The number of rotatable bonds is 10. The van der Waals surface area contributed by atoms with Gasteiger partial charge in [-0.25, -0.2) is 4.39 Å². The second-order valence-electron chi connectivity index (χ2n) is 8.82. The Labute approximate surface area is 192 Å². The molecule has 1 saturated heterocycles. The smallest absolute Gasteiger partial charge is 0.146 e. The summed E-state index contributed by atoms with van der Waals surface area (Å²) in [5, 5.41) is 1.28. The molecule has 2 heterocycles. The van der Waals surface area contributed by atoms with Crippen molar-refractivity contribution in [2.75, 3.05) is 13.1 Å². The first-order chi connectivity index (χ1) is 15.5. The zero-order valence-corrected chi connectivity index (χ0v) is 19.8. The molecule has 2 aromatic rings. The van der Waals surface area contributed by atoms with Crippen molar-refractivity contribution < 1.29 is 9.18 Å². The Morgan fingerprint density at radius 3 is 2.66 bits per heavy atom. The number of nitrogens with zero attached hydrogens (tertiary/aromatic N) is 1. The van der Waals surface area contributed by atoms with E-state index < -0.39 is 0 Å². The Bertz CT molecular complexity index is 1010. The lowest BCUT2D eigenvalue weighted by Gasteiger charge is -2.33. The molecule has 32 heavy (non-hydrogen) atoms. The van der Waals surface area contributed by atoms with Crippen LogP contribution in [-0.2, 0) is 17.6 Å². The number of fused-ring (bicyclic) bond motifs is 1. The average molecular weight is 437 g/mol. The Morgan fingerprint density at radius 2 is 2.03 bits per heavy atom. The number of aryl methyl sites for hydroxylation is 2. The molecule has 1 N–H and O–H groups in total. The maximum atomic E-state index is 15.1. The van der Waals surface area contributed by atoms with Gasteiger partial charge in [-0.2, -0.15) is 0 Å². The number of carbonyl (C=O) groups is 1. The number of benzene rings is 1. The number of piperidine rings is 1. The van der Waals surface area contributed by atoms with E-state index in [0.29, 0.717) is 18.0 Å². The molecule has 172 valence electrons. The van der Waals surface area contributed by atoms with Crippen LogP contribution in [0.15, 0.2) is 48.5 Å². The highest BCUT2D eigenvalue weighted by Gasteiger charge is 2.21. The number of unbranched alkanes of at least 4 members (excludes halogenated alkanes) is 1. The molecular weight excluding hydrogens is 399 g/mol. The summed E-state index contributed by atoms with van der Waals surface area (Å²) >= 11 is 0. The topological polar surface area (TPSA) is 36.1 Å². The molecule has 0 unspecified atom stereocenters. The highest BCUT2D eigenvalue weighted by Crippen LogP contribution is 2.30. The number of aromatic nitrogens is 1. The third-order valence-corrected chi connectivity index (χ3v) is 6.76. The van der Waals surface area contributed by atoms with Crippen molar-refractivity contribution in [3.05, 3.63) is 65.3 Å². The molecule has 0 saturated carbocycles. The predicted molar refractivity (Wildman–Crippen MR) is 133 cm³/mol. The molecule has 3 rings (SSSR count). The fourth-order valence-electron chi connectivity index (χ4n) is 4.71. The van der Waals surface area contributed by atoms with E-state index in [-0.39, 0.29) is 5.83 Å². The maximum absolute atomic E-state index is 15.1. The van der Waals surface area contributed by atoms with Crippen molar-refractivity contribution in [1.29, 1.82) is 0 Å². The molecular formula is C28H37FN2O. The van der Waals surface area contributed by atoms with E-state index in [1.165, 1.54) is 29.5 Å². The summed E-state index contributed by atoms with van der Waals surface area (Å²) in [6.07, 6.45) is 11.4. The summed E-state index contributed by atoms with van der Waals surface area (Å²) in [6, 6.07) is 6.40. The minimum absolute atomic E-state index is 0.295. The molecule has 1 aromatic heterocycles. The van der Waals surface area contributed by atoms with E-state index in [2.05, 4.69) is 43.6 Å². The Hall–Kier alpha value is -2.62. The number of aromatic amines is 1. The number of hydrogen-bond acceptors (Lipinski definition) is 2. The third-order valence-electron chi connectivity index (χ3n) is 6.76. The molecule has 4 heteroatoms. The van der Waals surface area contributed by atoms with Crippen LogP contribution in [0.1, 0.15) is 69.7 Å². The zero-order chi connectivity index (χ0) is 23.1. The molecule has 0 amide bonds. The van der Waals surface area contributed by atoms with Crippen molar-refractivity contribution in [3.8, 4) is 0 Å². The number of hydrogen-bond donors (Lipinski definition) is 1. The van der Waals surface area contributed by atoms with Crippen molar-refractivity contribution >= 4 is 22.8 Å². The lowest BCUT2D eigenvalue weighted by molar-refractivity contribution is -0.108. The molecule has 0 radical (unpaired) electrons. The Balaban J connectivity index is 1.79. The van der Waals surface area contributed by atoms with E-state index in [1.807, 2.05) is 17.9 Å². The average Bonchev–Trinajstić information content (AvgIpc) is 3.18. The number of H-pyrrole nitrogens is 1. The molecule has 0 bridgehead atoms. The van der Waals surface area contributed by atoms with E-state index in [4.69, 9.17) is 0 Å². The van der Waals surface area contributed by atoms with Gasteiger partial charge in [0.1, 0.15) is 12.1 Å². The van der Waals surface area contributed by atoms with Crippen molar-refractivity contribution in [2.24, 2.45) is 5.92 Å². The molecule has 0 atom stereocenters. The number of carbonyl (C=O) groups excluding carboxylic acids is 1. The second kappa shape index (κ2) is 11.3. The van der Waals surface area contributed by atoms with Crippen LogP contribution in [-0.4, -0.2) is 29.3 Å². The third kappa shape index (κ3) is 5.40. The Morgan fingerprint density at radius 1 is 1.28 bits per heavy atom. The van der Waals surface area contributed by atoms with E-state index >= 15 is 4.39 Å². The number of allylic oxidation sites excluding steroid dienone is 4. The van der Waals surface area contributed by atoms with Crippen LogP contribution < -0.4 is 0 Å². The molecule has 1 aliphatic rings. The van der Waals surface area contributed by atoms with E-state index in [0.717, 1.165) is 61.7 Å². The largest absolute Gasteiger partial charge is 0.370 e. The lowest BCUT2D eigenvalue weighted by Crippen LogP contribution is -2.33. The summed E-state index contributed by atoms with van der Waals surface area (Å²) in [5.74, 6) is 0.119. The standard InChI is InChI=1S/C28H37FN2O/c1-5-8-9-24-25-11-10-23(19-28(25)30-27(24)7-3)22(6-2)18-26(29)20(4)31-15-12-21(13-16-31)14-17-32/h6,10-11,17-19,21,30H,4-5,7-9,12-16H2,1-3H3/b22-6+,26-18+. The Kier molecular flexibility index (Phi) is 8.49. The number of nitrogens with one attached hydrogen (secondary N) is 1. The van der Waals surface area contributed by atoms with Crippen LogP contribution >= 0.6 is 0 Å². The van der Waals surface area contributed by atoms with Crippen molar-refractivity contribution in [1.82, 2.24) is 9.88 Å². The van der Waals surface area contributed by atoms with Gasteiger partial charge in [0.15, 0.2) is 0 Å². The molecule has 0 spiro atoms. The monoisotopic (exact) mass is 436 g/mol. The number of halogens is 1. The van der Waals surface area contributed by atoms with Crippen molar-refractivity contribution in [3.63, 3.8) is 0 Å². The maximum Gasteiger partial charge on any atom is 0.146 e. The van der Waals surface area contributed by atoms with Gasteiger partial charge in [-0.05, 0) is 73.8 Å². The zero-order valence-electron chi connectivity index (χ0n) is 19.8. The van der Waals surface area contributed by atoms with Crippen LogP contribution in [0.25, 0.3) is 16.5 Å². The van der Waals surface area contributed by atoms with E-state index in [9.17, 15) is 4.79 Å². The summed E-state index contributed by atoms with van der Waals surface area (Å²) in [4.78, 5) is 16.3. The highest BCUT2D eigenvalue weighted by atomic mass is 19.1. The van der Waals surface area contributed by atoms with Crippen LogP contribution in [0.3, 0.4) is 0 Å². The second-order valence-corrected chi connectivity index (χ2v) is 8.82. The van der Waals surface area contributed by atoms with Gasteiger partial charge < -0.3 is 14.7 Å². The van der Waals surface area contributed by atoms with Crippen molar-refractivity contribution in [2.45, 2.75) is 65.7 Å². The van der Waals surface area contributed by atoms with Gasteiger partial charge in [0, 0.05) is 36.1 Å². The van der Waals surface area contributed by atoms with Crippen LogP contribution in [0.4, 0.5) is 4.39 Å². The van der Waals surface area contributed by atoms with Gasteiger partial charge in [-0.1, -0.05) is 45.1 Å². The molecule has 3 nitrogen and oxygen atoms in total. The molecule has 0 aliphatic carbocycles.